The first-order valence-electron chi connectivity index (χ1n) is 21.0. The van der Waals surface area contributed by atoms with Crippen molar-refractivity contribution >= 4 is 41.7 Å². The molecule has 0 fully saturated rings. The zero-order valence-corrected chi connectivity index (χ0v) is 35.4. The number of aliphatic imine (C=N–C) groups is 1. The fourth-order valence-corrected chi connectivity index (χ4v) is 6.42. The van der Waals surface area contributed by atoms with E-state index in [4.69, 9.17) is 27.7 Å². The predicted molar refractivity (Wildman–Crippen MR) is 237 cm³/mol. The number of guanidine groups is 1. The Balaban J connectivity index is 1.88. The average Bonchev–Trinajstić information content (AvgIpc) is 3.26. The smallest absolute Gasteiger partial charge is 0.408 e. The number of carboxylic acids is 1. The summed E-state index contributed by atoms with van der Waals surface area (Å²) in [6, 6.07) is 17.4. The first kappa shape index (κ1) is 50.6. The van der Waals surface area contributed by atoms with Gasteiger partial charge in [0, 0.05) is 19.4 Å². The zero-order valence-electron chi connectivity index (χ0n) is 35.4. The molecule has 19 heteroatoms. The highest BCUT2D eigenvalue weighted by molar-refractivity contribution is 5.96. The van der Waals surface area contributed by atoms with Gasteiger partial charge >= 0.3 is 12.1 Å². The Morgan fingerprint density at radius 1 is 0.540 bits per heavy atom. The highest BCUT2D eigenvalue weighted by Crippen LogP contribution is 2.14. The van der Waals surface area contributed by atoms with Crippen LogP contribution >= 0.6 is 0 Å². The molecule has 15 N–H and O–H groups in total. The fourth-order valence-electron chi connectivity index (χ4n) is 6.42. The van der Waals surface area contributed by atoms with Crippen molar-refractivity contribution in [1.29, 1.82) is 0 Å². The number of phenols is 1. The first-order chi connectivity index (χ1) is 30.3. The van der Waals surface area contributed by atoms with E-state index in [9.17, 15) is 39.0 Å². The molecule has 19 nitrogen and oxygen atoms in total. The molecule has 63 heavy (non-hydrogen) atoms. The number of unbranched alkanes of at least 4 members (excludes halogenated alkanes) is 2. The molecule has 0 radical (unpaired) electrons. The number of aromatic hydroxyl groups is 1. The van der Waals surface area contributed by atoms with Gasteiger partial charge in [-0.1, -0.05) is 72.8 Å². The van der Waals surface area contributed by atoms with E-state index in [1.165, 1.54) is 12.1 Å². The van der Waals surface area contributed by atoms with Crippen molar-refractivity contribution in [3.05, 3.63) is 102 Å². The van der Waals surface area contributed by atoms with E-state index in [2.05, 4.69) is 31.6 Å². The van der Waals surface area contributed by atoms with Crippen molar-refractivity contribution in [1.82, 2.24) is 26.6 Å². The lowest BCUT2D eigenvalue weighted by Crippen LogP contribution is -2.59. The molecule has 0 unspecified atom stereocenters. The maximum Gasteiger partial charge on any atom is 0.408 e. The number of amides is 5. The number of carbonyl (C=O) groups is 6. The average molecular weight is 875 g/mol. The third kappa shape index (κ3) is 19.7. The molecule has 3 aromatic carbocycles. The van der Waals surface area contributed by atoms with E-state index < -0.39 is 65.9 Å². The maximum absolute atomic E-state index is 14.3. The molecule has 0 saturated heterocycles. The van der Waals surface area contributed by atoms with E-state index in [0.29, 0.717) is 49.9 Å². The fraction of sp³-hybridized carbons (Fsp3) is 0.432. The second kappa shape index (κ2) is 28.0. The van der Waals surface area contributed by atoms with Crippen molar-refractivity contribution in [3.63, 3.8) is 0 Å². The predicted octanol–water partition coefficient (Wildman–Crippen LogP) is 0.808. The lowest BCUT2D eigenvalue weighted by Gasteiger charge is -2.27. The lowest BCUT2D eigenvalue weighted by molar-refractivity contribution is -0.142. The highest BCUT2D eigenvalue weighted by Gasteiger charge is 2.33. The van der Waals surface area contributed by atoms with Gasteiger partial charge in [0.15, 0.2) is 5.96 Å². The van der Waals surface area contributed by atoms with Gasteiger partial charge in [0.1, 0.15) is 42.6 Å². The summed E-state index contributed by atoms with van der Waals surface area (Å²) in [5.74, 6) is -4.48. The Labute approximate surface area is 367 Å². The molecule has 3 aromatic rings. The summed E-state index contributed by atoms with van der Waals surface area (Å²) >= 11 is 0. The molecule has 0 aliphatic heterocycles. The number of ether oxygens (including phenoxy) is 1. The molecule has 3 rings (SSSR count). The van der Waals surface area contributed by atoms with Crippen molar-refractivity contribution in [2.45, 2.75) is 101 Å². The number of nitrogens with one attached hydrogen (secondary N) is 5. The number of rotatable bonds is 28. The lowest BCUT2D eigenvalue weighted by atomic mass is 10.0. The van der Waals surface area contributed by atoms with Crippen LogP contribution in [0.15, 0.2) is 89.9 Å². The number of phenolic OH excluding ortho intramolecular Hbond substituents is 1. The number of nitrogens with zero attached hydrogens (tertiary/aromatic N) is 1. The standard InChI is InChI=1S/C44H62N10O9/c45-23-9-7-16-33(50-39(57)34(17-8-10-24-46)54-44(62)63-28-31-14-5-2-6-15-31)38(56)52-37(27-30-19-21-32(55)22-20-30)41(59)53-36(26-29-12-3-1-4-13-29)40(58)51-35(42(60)61)18-11-25-49-43(47)48/h1-6,12-15,19-22,33-37,55H,7-11,16-18,23-28,45-46H2,(H,50,57)(H,51,58)(H,52,56)(H,53,59)(H,54,62)(H,60,61)(H4,47,48,49)/t33-,34-,35-,36-,37-/m0/s1. The van der Waals surface area contributed by atoms with Gasteiger partial charge in [-0.05, 0) is 93.3 Å². The summed E-state index contributed by atoms with van der Waals surface area (Å²) in [6.07, 6.45) is 1.53. The Morgan fingerprint density at radius 3 is 1.46 bits per heavy atom. The molecule has 0 spiro atoms. The van der Waals surface area contributed by atoms with Gasteiger partial charge in [-0.2, -0.15) is 0 Å². The van der Waals surface area contributed by atoms with Crippen LogP contribution in [0.3, 0.4) is 0 Å². The van der Waals surface area contributed by atoms with Crippen LogP contribution in [0.5, 0.6) is 5.75 Å². The molecular weight excluding hydrogens is 813 g/mol. The number of alkyl carbamates (subject to hydrolysis) is 1. The van der Waals surface area contributed by atoms with E-state index in [1.807, 2.05) is 6.07 Å². The number of benzene rings is 3. The number of carbonyl (C=O) groups excluding carboxylic acids is 5. The number of hydrogen-bond acceptors (Lipinski definition) is 11. The maximum atomic E-state index is 14.3. The first-order valence-corrected chi connectivity index (χ1v) is 21.0. The largest absolute Gasteiger partial charge is 0.508 e. The Kier molecular flexibility index (Phi) is 22.5. The molecule has 0 bridgehead atoms. The Hall–Kier alpha value is -6.73. The van der Waals surface area contributed by atoms with Crippen LogP contribution in [0.4, 0.5) is 4.79 Å². The Morgan fingerprint density at radius 2 is 0.968 bits per heavy atom. The van der Waals surface area contributed by atoms with Crippen LogP contribution in [0, 0.1) is 0 Å². The van der Waals surface area contributed by atoms with Gasteiger partial charge in [-0.25, -0.2) is 9.59 Å². The molecule has 0 aliphatic carbocycles. The third-order valence-corrected chi connectivity index (χ3v) is 9.83. The van der Waals surface area contributed by atoms with E-state index in [-0.39, 0.29) is 63.4 Å². The number of nitrogens with two attached hydrogens (primary N) is 4. The second-order valence-electron chi connectivity index (χ2n) is 14.9. The molecule has 0 heterocycles. The summed E-state index contributed by atoms with van der Waals surface area (Å²) in [6.45, 7) is 0.767. The van der Waals surface area contributed by atoms with E-state index >= 15 is 0 Å². The number of hydrogen-bond donors (Lipinski definition) is 11. The molecular formula is C44H62N10O9. The van der Waals surface area contributed by atoms with Crippen LogP contribution < -0.4 is 49.5 Å². The summed E-state index contributed by atoms with van der Waals surface area (Å²) in [5.41, 5.74) is 24.1. The monoisotopic (exact) mass is 874 g/mol. The van der Waals surface area contributed by atoms with Gasteiger partial charge < -0.3 is 64.5 Å². The van der Waals surface area contributed by atoms with E-state index in [1.54, 1.807) is 66.7 Å². The van der Waals surface area contributed by atoms with Gasteiger partial charge in [0.2, 0.25) is 23.6 Å². The molecule has 5 atom stereocenters. The molecule has 342 valence electrons. The minimum Gasteiger partial charge on any atom is -0.508 e. The summed E-state index contributed by atoms with van der Waals surface area (Å²) in [5, 5.41) is 33.2. The minimum atomic E-state index is -1.34. The second-order valence-corrected chi connectivity index (χ2v) is 14.9. The van der Waals surface area contributed by atoms with E-state index in [0.717, 1.165) is 5.56 Å². The third-order valence-electron chi connectivity index (χ3n) is 9.83. The molecule has 0 aliphatic rings. The topological polar surface area (TPSA) is 329 Å². The summed E-state index contributed by atoms with van der Waals surface area (Å²) in [7, 11) is 0. The molecule has 0 saturated carbocycles. The SMILES string of the molecule is NCCCC[C@H](NC(=O)OCc1ccccc1)C(=O)N[C@@H](CCCCN)C(=O)N[C@@H](Cc1ccc(O)cc1)C(=O)N[C@@H](Cc1ccccc1)C(=O)N[C@@H](CCCN=C(N)N)C(=O)O. The van der Waals surface area contributed by atoms with Gasteiger partial charge in [0.25, 0.3) is 0 Å². The van der Waals surface area contributed by atoms with Crippen LogP contribution in [0.1, 0.15) is 68.1 Å². The van der Waals surface area contributed by atoms with Crippen molar-refractivity contribution < 1.29 is 43.7 Å². The van der Waals surface area contributed by atoms with Gasteiger partial charge in [-0.15, -0.1) is 0 Å². The number of carboxylic acid groups (broad SMARTS) is 1. The van der Waals surface area contributed by atoms with Crippen LogP contribution in [0.25, 0.3) is 0 Å². The minimum absolute atomic E-state index is 0.0150. The summed E-state index contributed by atoms with van der Waals surface area (Å²) in [4.78, 5) is 85.1. The van der Waals surface area contributed by atoms with Crippen LogP contribution in [0.2, 0.25) is 0 Å². The normalized spacial score (nSPS) is 13.2. The van der Waals surface area contributed by atoms with Crippen LogP contribution in [-0.2, 0) is 48.2 Å². The number of aliphatic carboxylic acids is 1. The van der Waals surface area contributed by atoms with Crippen molar-refractivity contribution in [2.75, 3.05) is 19.6 Å². The summed E-state index contributed by atoms with van der Waals surface area (Å²) < 4.78 is 5.36. The zero-order chi connectivity index (χ0) is 46.0. The Bertz CT molecular complexity index is 1920. The van der Waals surface area contributed by atoms with Gasteiger partial charge in [-0.3, -0.25) is 24.2 Å². The molecule has 5 amide bonds. The highest BCUT2D eigenvalue weighted by atomic mass is 16.5. The quantitative estimate of drug-likeness (QED) is 0.0274. The van der Waals surface area contributed by atoms with Crippen molar-refractivity contribution in [3.8, 4) is 5.75 Å². The molecule has 0 aromatic heterocycles. The van der Waals surface area contributed by atoms with Crippen molar-refractivity contribution in [2.24, 2.45) is 27.9 Å². The van der Waals surface area contributed by atoms with Crippen LogP contribution in [-0.4, -0.2) is 102 Å². The van der Waals surface area contributed by atoms with Gasteiger partial charge in [0.05, 0.1) is 0 Å².